The number of hydrogen-bond donors (Lipinski definition) is 12. The topological polar surface area (TPSA) is 382 Å². The molecular weight excluding hydrogens is 953 g/mol. The zero-order chi connectivity index (χ0) is 51.0. The number of amides is 2. The van der Waals surface area contributed by atoms with Crippen molar-refractivity contribution in [2.75, 3.05) is 46.4 Å². The van der Waals surface area contributed by atoms with Gasteiger partial charge in [0.05, 0.1) is 52.5 Å². The monoisotopic (exact) mass is 1010 g/mol. The number of anilines is 4. The van der Waals surface area contributed by atoms with Crippen LogP contribution in [0.4, 0.5) is 27.8 Å². The summed E-state index contributed by atoms with van der Waals surface area (Å²) in [7, 11) is 4.05. The predicted octanol–water partition coefficient (Wildman–Crippen LogP) is 2.21. The number of piperazine rings is 1. The summed E-state index contributed by atoms with van der Waals surface area (Å²) in [6.45, 7) is 8.98. The molecule has 3 aliphatic heterocycles. The number of phenolic OH excluding ortho intramolecular Hbond substituents is 2. The molecule has 2 aromatic carbocycles. The molecule has 374 valence electrons. The van der Waals surface area contributed by atoms with Gasteiger partial charge in [-0.2, -0.15) is 4.98 Å². The number of carbonyl (C=O) groups is 5. The number of methoxy groups -OCH3 is 1. The van der Waals surface area contributed by atoms with E-state index in [2.05, 4.69) is 46.5 Å². The van der Waals surface area contributed by atoms with Crippen LogP contribution in [0.25, 0.3) is 16.7 Å². The molecule has 0 aliphatic carbocycles. The van der Waals surface area contributed by atoms with Gasteiger partial charge in [-0.05, 0) is 65.3 Å². The maximum absolute atomic E-state index is 13.5. The number of nitrogen functional groups attached to an aromatic ring is 1. The van der Waals surface area contributed by atoms with Gasteiger partial charge >= 0.3 is 18.0 Å². The second-order valence-corrected chi connectivity index (χ2v) is 20.6. The molecule has 26 heteroatoms. The Bertz CT molecular complexity index is 2850. The summed E-state index contributed by atoms with van der Waals surface area (Å²) >= 11 is 0. The Kier molecular flexibility index (Phi) is 14.5. The molecule has 7 rings (SSSR count). The van der Waals surface area contributed by atoms with E-state index >= 15 is 0 Å². The fourth-order valence-electron chi connectivity index (χ4n) is 8.52. The number of benzene rings is 2. The van der Waals surface area contributed by atoms with Gasteiger partial charge < -0.3 is 67.5 Å². The van der Waals surface area contributed by atoms with E-state index in [1.165, 1.54) is 60.9 Å². The largest absolute Gasteiger partial charge is 0.505 e. The van der Waals surface area contributed by atoms with Crippen LogP contribution < -0.4 is 48.5 Å². The predicted molar refractivity (Wildman–Crippen MR) is 261 cm³/mol. The quantitative estimate of drug-likeness (QED) is 0.0134. The van der Waals surface area contributed by atoms with Gasteiger partial charge in [-0.3, -0.25) is 29.5 Å². The van der Waals surface area contributed by atoms with E-state index in [0.29, 0.717) is 40.5 Å². The van der Waals surface area contributed by atoms with Crippen LogP contribution in [-0.2, 0) is 30.4 Å². The van der Waals surface area contributed by atoms with E-state index < -0.39 is 64.2 Å². The highest BCUT2D eigenvalue weighted by molar-refractivity contribution is 8.76. The zero-order valence-corrected chi connectivity index (χ0v) is 40.5. The number of H-pyrrole nitrogens is 1. The minimum atomic E-state index is -1.44. The molecule has 0 unspecified atom stereocenters. The molecule has 0 bridgehead atoms. The SMILES string of the molecule is CO[C@@]12C(=COC(N)=O)c3c(O)c(NC(C)(C)CSSC[C@H](NC(C)(C)C(=O)CC[C@H](NC(=O)c4ccc(NCc5cnc6nc(N)[nH]c(=O)c6n5)cc4)C(=O)O)C(=O)O)c(C)c(O)c3N1C[C@@H]1N[C@@H]12. The average molecular weight is 1010 g/mol. The van der Waals surface area contributed by atoms with E-state index in [9.17, 15) is 49.2 Å². The van der Waals surface area contributed by atoms with Crippen LogP contribution >= 0.6 is 21.6 Å². The molecule has 0 saturated carbocycles. The van der Waals surface area contributed by atoms with Gasteiger partial charge in [-0.15, -0.1) is 0 Å². The van der Waals surface area contributed by atoms with Crippen LogP contribution in [0.15, 0.2) is 41.5 Å². The number of aromatic nitrogens is 4. The summed E-state index contributed by atoms with van der Waals surface area (Å²) < 4.78 is 11.1. The van der Waals surface area contributed by atoms with Crippen molar-refractivity contribution in [1.82, 2.24) is 35.9 Å². The third-order valence-electron chi connectivity index (χ3n) is 12.2. The molecule has 5 heterocycles. The number of carboxylic acid groups (broad SMARTS) is 2. The van der Waals surface area contributed by atoms with Gasteiger partial charge in [-0.25, -0.2) is 19.6 Å². The number of ether oxygens (including phenoxy) is 2. The molecule has 14 N–H and O–H groups in total. The second kappa shape index (κ2) is 19.9. The minimum absolute atomic E-state index is 0.0181. The number of nitrogens with one attached hydrogen (secondary N) is 6. The van der Waals surface area contributed by atoms with E-state index in [1.54, 1.807) is 19.1 Å². The van der Waals surface area contributed by atoms with Crippen molar-refractivity contribution >= 4 is 91.1 Å². The van der Waals surface area contributed by atoms with Crippen LogP contribution in [0.3, 0.4) is 0 Å². The Morgan fingerprint density at radius 1 is 1.04 bits per heavy atom. The van der Waals surface area contributed by atoms with Crippen LogP contribution in [0.5, 0.6) is 11.5 Å². The summed E-state index contributed by atoms with van der Waals surface area (Å²) in [6.07, 6.45) is 0.927. The third-order valence-corrected chi connectivity index (χ3v) is 14.9. The molecule has 2 aromatic heterocycles. The van der Waals surface area contributed by atoms with Crippen molar-refractivity contribution in [3.63, 3.8) is 0 Å². The first-order valence-corrected chi connectivity index (χ1v) is 24.3. The first kappa shape index (κ1) is 51.0. The number of aromatic amines is 1. The van der Waals surface area contributed by atoms with Crippen LogP contribution in [0, 0.1) is 6.92 Å². The number of carbonyl (C=O) groups excluding carboxylic acids is 3. The van der Waals surface area contributed by atoms with Crippen molar-refractivity contribution in [3.05, 3.63) is 69.5 Å². The van der Waals surface area contributed by atoms with Crippen molar-refractivity contribution in [1.29, 1.82) is 0 Å². The van der Waals surface area contributed by atoms with Crippen molar-refractivity contribution < 1.29 is 53.9 Å². The number of aromatic hydroxyl groups is 2. The minimum Gasteiger partial charge on any atom is -0.505 e. The van der Waals surface area contributed by atoms with E-state index in [4.69, 9.17) is 20.9 Å². The summed E-state index contributed by atoms with van der Waals surface area (Å²) in [5, 5.41) is 58.6. The van der Waals surface area contributed by atoms with Gasteiger partial charge in [0.2, 0.25) is 5.95 Å². The smallest absolute Gasteiger partial charge is 0.409 e. The summed E-state index contributed by atoms with van der Waals surface area (Å²) in [4.78, 5) is 91.6. The third kappa shape index (κ3) is 10.4. The number of Topliss-reactive ketones (excluding diaryl/α,β-unsaturated/α-hetero) is 1. The maximum atomic E-state index is 13.5. The molecule has 4 aromatic rings. The van der Waals surface area contributed by atoms with Gasteiger partial charge in [0.1, 0.15) is 29.8 Å². The Labute approximate surface area is 407 Å². The van der Waals surface area contributed by atoms with Crippen LogP contribution in [0.1, 0.15) is 67.7 Å². The molecule has 24 nitrogen and oxygen atoms in total. The highest BCUT2D eigenvalue weighted by atomic mass is 33.1. The lowest BCUT2D eigenvalue weighted by Gasteiger charge is -2.35. The normalized spacial score (nSPS) is 19.5. The maximum Gasteiger partial charge on any atom is 0.409 e. The molecule has 0 spiro atoms. The lowest BCUT2D eigenvalue weighted by molar-refractivity contribution is -0.140. The molecule has 5 atom stereocenters. The molecule has 2 fully saturated rings. The van der Waals surface area contributed by atoms with Gasteiger partial charge in [-0.1, -0.05) is 21.6 Å². The Balaban J connectivity index is 0.900. The zero-order valence-electron chi connectivity index (χ0n) is 38.8. The molecule has 70 heavy (non-hydrogen) atoms. The van der Waals surface area contributed by atoms with Crippen molar-refractivity contribution in [2.45, 2.75) is 95.0 Å². The average Bonchev–Trinajstić information content (AvgIpc) is 3.92. The van der Waals surface area contributed by atoms with E-state index in [0.717, 1.165) is 6.26 Å². The molecule has 2 amide bonds. The summed E-state index contributed by atoms with van der Waals surface area (Å²) in [6, 6.07) is 3.33. The number of fused-ring (bicyclic) bond motifs is 6. The van der Waals surface area contributed by atoms with Gasteiger partial charge in [0, 0.05) is 60.0 Å². The van der Waals surface area contributed by atoms with Crippen LogP contribution in [0.2, 0.25) is 0 Å². The number of hydrogen-bond acceptors (Lipinski definition) is 21. The van der Waals surface area contributed by atoms with Gasteiger partial charge in [0.25, 0.3) is 11.5 Å². The molecule has 3 aliphatic rings. The number of rotatable bonds is 22. The lowest BCUT2D eigenvalue weighted by Crippen LogP contribution is -2.55. The number of nitrogens with zero attached hydrogens (tertiary/aromatic N) is 4. The number of carboxylic acids is 2. The fourth-order valence-corrected chi connectivity index (χ4v) is 11.3. The first-order chi connectivity index (χ1) is 33.0. The van der Waals surface area contributed by atoms with E-state index in [1.807, 2.05) is 18.7 Å². The highest BCUT2D eigenvalue weighted by Gasteiger charge is 2.70. The lowest BCUT2D eigenvalue weighted by atomic mass is 9.93. The highest BCUT2D eigenvalue weighted by Crippen LogP contribution is 2.63. The number of primary amides is 1. The molecule has 0 radical (unpaired) electrons. The number of ketones is 1. The first-order valence-electron chi connectivity index (χ1n) is 21.8. The van der Waals surface area contributed by atoms with Crippen molar-refractivity contribution in [3.8, 4) is 11.5 Å². The summed E-state index contributed by atoms with van der Waals surface area (Å²) in [5.74, 6) is -3.77. The number of phenols is 2. The second-order valence-electron chi connectivity index (χ2n) is 18.1. The molecule has 2 saturated heterocycles. The fraction of sp³-hybridized carbons (Fsp3) is 0.432. The number of nitrogens with two attached hydrogens (primary N) is 2. The van der Waals surface area contributed by atoms with Gasteiger partial charge in [0.15, 0.2) is 22.7 Å². The number of aliphatic carboxylic acids is 2. The van der Waals surface area contributed by atoms with Crippen molar-refractivity contribution in [2.24, 2.45) is 5.73 Å². The standard InChI is InChI=1S/C44H54N12O12S2/c1-19-29(33(59)28-23(16-68-41(46)66)44(67-6)34-25(50-34)15-56(44)31(28)32(19)58)55-42(2,3)18-70-69-17-26(39(64)65)54-43(4,5)27(57)12-11-24(38(62)63)51-36(60)20-7-9-21(10-8-20)47-13-22-14-48-35-30(49-22)37(61)53-40(45)52-35/h7-10,14,16,24-26,34,47,50,54-55,58-59H,11-13,15,17-18H2,1-6H3,(H2,46,66)(H,51,60)(H,62,63)(H,64,65)(H3,45,48,52,53,61)/t24-,25-,26-,34-,44+/m0/s1. The van der Waals surface area contributed by atoms with E-state index in [-0.39, 0.29) is 82.6 Å². The summed E-state index contributed by atoms with van der Waals surface area (Å²) in [5.41, 5.74) is 9.65. The Morgan fingerprint density at radius 2 is 1.74 bits per heavy atom. The molecular formula is C44H54N12O12S2. The Morgan fingerprint density at radius 3 is 2.40 bits per heavy atom. The Hall–Kier alpha value is -6.87. The van der Waals surface area contributed by atoms with Crippen LogP contribution in [-0.4, -0.2) is 136 Å².